The SMILES string of the molecule is C=C(c1ccc(N(CCOC)CCOC)cc1)c1ccc(N(CCOC)CCOC)cc1.COCCN(CCOC)c1ccc(C(=O)c2ccc(N(CCOC)CCOC)cc2)cc1.COCCN(CCOC)c1ccc(C(C)(O)c2ccc(N(CCOC)CCOC)cc2)cc1. The van der Waals surface area contributed by atoms with Gasteiger partial charge in [-0.3, -0.25) is 4.79 Å². The second-order valence-corrected chi connectivity index (χ2v) is 23.0. The Morgan fingerprint density at radius 1 is 0.278 bits per heavy atom. The van der Waals surface area contributed by atoms with Gasteiger partial charge in [-0.15, -0.1) is 0 Å². The molecule has 0 radical (unpaired) electrons. The van der Waals surface area contributed by atoms with E-state index in [-0.39, 0.29) is 5.78 Å². The first-order valence-corrected chi connectivity index (χ1v) is 33.2. The molecular weight excluding hydrogens is 1230 g/mol. The van der Waals surface area contributed by atoms with Crippen molar-refractivity contribution in [3.05, 3.63) is 186 Å². The molecule has 20 heteroatoms. The molecule has 0 fully saturated rings. The van der Waals surface area contributed by atoms with Crippen molar-refractivity contribution in [1.82, 2.24) is 0 Å². The van der Waals surface area contributed by atoms with Gasteiger partial charge in [0, 0.05) is 209 Å². The van der Waals surface area contributed by atoms with Gasteiger partial charge in [-0.1, -0.05) is 55.1 Å². The summed E-state index contributed by atoms with van der Waals surface area (Å²) < 4.78 is 62.8. The number of anilines is 6. The number of carbonyl (C=O) groups is 1. The molecule has 6 aromatic carbocycles. The van der Waals surface area contributed by atoms with E-state index < -0.39 is 5.60 Å². The van der Waals surface area contributed by atoms with Gasteiger partial charge >= 0.3 is 0 Å². The van der Waals surface area contributed by atoms with Gasteiger partial charge in [0.25, 0.3) is 0 Å². The Balaban J connectivity index is 0.000000309. The number of ether oxygens (including phenoxy) is 12. The number of ketones is 1. The molecule has 0 aromatic heterocycles. The van der Waals surface area contributed by atoms with E-state index in [1.54, 1.807) is 85.3 Å². The lowest BCUT2D eigenvalue weighted by atomic mass is 9.88. The molecule has 20 nitrogen and oxygen atoms in total. The number of carbonyl (C=O) groups excluding carboxylic acids is 1. The maximum Gasteiger partial charge on any atom is 0.193 e. The number of nitrogens with zero attached hydrogens (tertiary/aromatic N) is 6. The zero-order chi connectivity index (χ0) is 70.5. The van der Waals surface area contributed by atoms with Gasteiger partial charge in [-0.25, -0.2) is 0 Å². The summed E-state index contributed by atoms with van der Waals surface area (Å²) in [7, 11) is 20.5. The molecule has 0 spiro atoms. The van der Waals surface area contributed by atoms with E-state index in [0.717, 1.165) is 140 Å². The fourth-order valence-electron chi connectivity index (χ4n) is 10.5. The average Bonchev–Trinajstić information content (AvgIpc) is 0.816. The van der Waals surface area contributed by atoms with Crippen LogP contribution in [0.2, 0.25) is 0 Å². The maximum atomic E-state index is 13.0. The van der Waals surface area contributed by atoms with Crippen molar-refractivity contribution in [2.24, 2.45) is 0 Å². The lowest BCUT2D eigenvalue weighted by Crippen LogP contribution is -2.31. The van der Waals surface area contributed by atoms with Crippen LogP contribution in [0.25, 0.3) is 5.57 Å². The molecule has 1 N–H and O–H groups in total. The van der Waals surface area contributed by atoms with Crippen molar-refractivity contribution in [3.63, 3.8) is 0 Å². The molecule has 0 unspecified atom stereocenters. The molecule has 0 atom stereocenters. The van der Waals surface area contributed by atoms with E-state index >= 15 is 0 Å². The van der Waals surface area contributed by atoms with E-state index in [2.05, 4.69) is 84.5 Å². The lowest BCUT2D eigenvalue weighted by Gasteiger charge is -2.29. The third-order valence-electron chi connectivity index (χ3n) is 16.5. The van der Waals surface area contributed by atoms with Crippen LogP contribution in [0, 0.1) is 0 Å². The van der Waals surface area contributed by atoms with Crippen LogP contribution >= 0.6 is 0 Å². The first kappa shape index (κ1) is 82.4. The summed E-state index contributed by atoms with van der Waals surface area (Å²) in [6, 6.07) is 48.6. The Kier molecular flexibility index (Phi) is 41.4. The van der Waals surface area contributed by atoms with Crippen molar-refractivity contribution in [3.8, 4) is 0 Å². The number of hydrogen-bond donors (Lipinski definition) is 1. The smallest absolute Gasteiger partial charge is 0.193 e. The average molecular weight is 1350 g/mol. The molecule has 97 heavy (non-hydrogen) atoms. The van der Waals surface area contributed by atoms with Crippen molar-refractivity contribution in [2.75, 3.05) is 273 Å². The highest BCUT2D eigenvalue weighted by atomic mass is 16.5. The van der Waals surface area contributed by atoms with E-state index in [0.29, 0.717) is 90.4 Å². The van der Waals surface area contributed by atoms with Gasteiger partial charge in [-0.2, -0.15) is 0 Å². The molecule has 0 saturated heterocycles. The largest absolute Gasteiger partial charge is 0.383 e. The van der Waals surface area contributed by atoms with Crippen molar-refractivity contribution in [2.45, 2.75) is 12.5 Å². The minimum Gasteiger partial charge on any atom is -0.383 e. The standard InChI is InChI=1S/C26H40N2O5.C26H38N2O4.C25H36N2O5/c1-26(29,22-6-10-24(11-7-22)27(14-18-30-2)15-19-31-3)23-8-12-25(13-9-23)28(16-20-32-4)17-21-33-5;1-22(23-6-10-25(11-7-23)27(14-18-29-2)15-19-30-3)24-8-12-26(13-9-24)28(16-20-31-4)17-21-32-5;1-29-17-13-26(14-18-30-2)23-9-5-21(6-10-23)25(28)22-7-11-24(12-8-22)27(15-19-31-3)16-20-32-4/h6-13,29H,14-21H2,1-5H3;6-13H,1,14-21H2,2-5H3;5-12H,13-20H2,1-4H3. The fourth-order valence-corrected chi connectivity index (χ4v) is 10.5. The predicted octanol–water partition coefficient (Wildman–Crippen LogP) is 10.2. The zero-order valence-corrected chi connectivity index (χ0v) is 60.5. The van der Waals surface area contributed by atoms with Gasteiger partial charge in [-0.05, 0) is 132 Å². The van der Waals surface area contributed by atoms with Crippen molar-refractivity contribution in [1.29, 1.82) is 0 Å². The van der Waals surface area contributed by atoms with Crippen LogP contribution in [0.5, 0.6) is 0 Å². The van der Waals surface area contributed by atoms with Crippen LogP contribution < -0.4 is 29.4 Å². The molecule has 0 aliphatic rings. The third kappa shape index (κ3) is 28.8. The van der Waals surface area contributed by atoms with Crippen LogP contribution in [-0.4, -0.2) is 254 Å². The Bertz CT molecular complexity index is 2600. The summed E-state index contributed by atoms with van der Waals surface area (Å²) in [5, 5.41) is 11.4. The molecule has 6 rings (SSSR count). The number of benzene rings is 6. The van der Waals surface area contributed by atoms with E-state index in [4.69, 9.17) is 56.8 Å². The highest BCUT2D eigenvalue weighted by molar-refractivity contribution is 6.09. The zero-order valence-electron chi connectivity index (χ0n) is 60.5. The fraction of sp³-hybridized carbons (Fsp3) is 0.494. The summed E-state index contributed by atoms with van der Waals surface area (Å²) in [6.07, 6.45) is 0. The summed E-state index contributed by atoms with van der Waals surface area (Å²) in [4.78, 5) is 26.3. The molecule has 0 heterocycles. The normalized spacial score (nSPS) is 11.1. The Hall–Kier alpha value is -6.99. The molecule has 6 aromatic rings. The van der Waals surface area contributed by atoms with Gasteiger partial charge < -0.3 is 91.3 Å². The maximum absolute atomic E-state index is 13.0. The summed E-state index contributed by atoms with van der Waals surface area (Å²) >= 11 is 0. The molecule has 0 bridgehead atoms. The summed E-state index contributed by atoms with van der Waals surface area (Å²) in [5.41, 5.74) is 11.6. The number of hydrogen-bond acceptors (Lipinski definition) is 20. The molecule has 0 aliphatic heterocycles. The van der Waals surface area contributed by atoms with Gasteiger partial charge in [0.1, 0.15) is 5.60 Å². The second-order valence-electron chi connectivity index (χ2n) is 23.0. The van der Waals surface area contributed by atoms with Crippen LogP contribution in [-0.2, 0) is 62.4 Å². The molecular formula is C77H114N6O14. The topological polar surface area (TPSA) is 168 Å². The molecule has 0 aliphatic carbocycles. The first-order valence-electron chi connectivity index (χ1n) is 33.2. The van der Waals surface area contributed by atoms with Gasteiger partial charge in [0.15, 0.2) is 5.78 Å². The highest BCUT2D eigenvalue weighted by Crippen LogP contribution is 2.33. The third-order valence-corrected chi connectivity index (χ3v) is 16.5. The first-order chi connectivity index (χ1) is 47.2. The van der Waals surface area contributed by atoms with E-state index in [1.165, 1.54) is 0 Å². The van der Waals surface area contributed by atoms with Crippen LogP contribution in [0.4, 0.5) is 34.1 Å². The summed E-state index contributed by atoms with van der Waals surface area (Å²) in [6.45, 7) is 23.4. The van der Waals surface area contributed by atoms with Crippen molar-refractivity contribution < 1.29 is 66.7 Å². The van der Waals surface area contributed by atoms with Gasteiger partial charge in [0.05, 0.1) is 79.3 Å². The molecule has 536 valence electrons. The lowest BCUT2D eigenvalue weighted by molar-refractivity contribution is 0.102. The van der Waals surface area contributed by atoms with Gasteiger partial charge in [0.2, 0.25) is 0 Å². The van der Waals surface area contributed by atoms with E-state index in [1.807, 2.05) is 104 Å². The molecule has 0 saturated carbocycles. The number of methoxy groups -OCH3 is 12. The quantitative estimate of drug-likeness (QED) is 0.0358. The number of rotatable bonds is 48. The minimum atomic E-state index is -1.11. The second kappa shape index (κ2) is 48.7. The van der Waals surface area contributed by atoms with E-state index in [9.17, 15) is 9.90 Å². The minimum absolute atomic E-state index is 0.00349. The Morgan fingerprint density at radius 3 is 0.577 bits per heavy atom. The highest BCUT2D eigenvalue weighted by Gasteiger charge is 2.26. The van der Waals surface area contributed by atoms with Crippen LogP contribution in [0.15, 0.2) is 152 Å². The Labute approximate surface area is 580 Å². The summed E-state index contributed by atoms with van der Waals surface area (Å²) in [5.74, 6) is 0.00349. The molecule has 0 amide bonds. The monoisotopic (exact) mass is 1350 g/mol. The van der Waals surface area contributed by atoms with Crippen molar-refractivity contribution >= 4 is 45.5 Å². The van der Waals surface area contributed by atoms with Crippen LogP contribution in [0.3, 0.4) is 0 Å². The van der Waals surface area contributed by atoms with Crippen LogP contribution in [0.1, 0.15) is 45.1 Å². The predicted molar refractivity (Wildman–Crippen MR) is 395 cm³/mol. The Morgan fingerprint density at radius 2 is 0.423 bits per heavy atom. The number of aliphatic hydroxyl groups is 1.